The van der Waals surface area contributed by atoms with E-state index in [9.17, 15) is 9.59 Å². The van der Waals surface area contributed by atoms with Crippen LogP contribution < -0.4 is 14.8 Å². The predicted molar refractivity (Wildman–Crippen MR) is 105 cm³/mol. The summed E-state index contributed by atoms with van der Waals surface area (Å²) in [6.07, 6.45) is -0.864. The van der Waals surface area contributed by atoms with Crippen molar-refractivity contribution in [3.8, 4) is 11.5 Å². The number of halogens is 1. The van der Waals surface area contributed by atoms with Crippen LogP contribution in [-0.2, 0) is 20.9 Å². The lowest BCUT2D eigenvalue weighted by molar-refractivity contribution is -0.152. The molecule has 1 heterocycles. The van der Waals surface area contributed by atoms with Crippen LogP contribution in [0.3, 0.4) is 0 Å². The normalized spacial score (nSPS) is 13.1. The Morgan fingerprint density at radius 1 is 1.19 bits per heavy atom. The Bertz CT molecular complexity index is 827. The fourth-order valence-corrected chi connectivity index (χ4v) is 3.29. The topological polar surface area (TPSA) is 73.9 Å². The number of ether oxygens (including phenoxy) is 3. The van der Waals surface area contributed by atoms with Crippen LogP contribution in [0.15, 0.2) is 51.8 Å². The molecule has 2 aromatic carbocycles. The van der Waals surface area contributed by atoms with Gasteiger partial charge >= 0.3 is 5.97 Å². The molecule has 0 spiro atoms. The zero-order valence-electron chi connectivity index (χ0n) is 14.6. The van der Waals surface area contributed by atoms with Crippen LogP contribution in [-0.4, -0.2) is 30.5 Å². The lowest BCUT2D eigenvalue weighted by atomic mass is 10.2. The zero-order chi connectivity index (χ0) is 19.2. The largest absolute Gasteiger partial charge is 0.454 e. The van der Waals surface area contributed by atoms with Gasteiger partial charge in [-0.3, -0.25) is 9.59 Å². The van der Waals surface area contributed by atoms with Gasteiger partial charge in [0.25, 0.3) is 5.91 Å². The second-order valence-electron chi connectivity index (χ2n) is 5.78. The zero-order valence-corrected chi connectivity index (χ0v) is 17.0. The number of hydrogen-bond donors (Lipinski definition) is 1. The van der Waals surface area contributed by atoms with Crippen LogP contribution in [0, 0.1) is 0 Å². The lowest BCUT2D eigenvalue weighted by Gasteiger charge is -2.13. The van der Waals surface area contributed by atoms with E-state index in [2.05, 4.69) is 21.2 Å². The minimum atomic E-state index is -0.864. The van der Waals surface area contributed by atoms with Gasteiger partial charge in [0.2, 0.25) is 6.79 Å². The molecule has 0 saturated heterocycles. The standard InChI is InChI=1S/C19H18BrNO5S/c1-12(26-18(22)10-27-15-5-3-14(20)4-6-15)19(23)21-9-13-2-7-16-17(8-13)25-11-24-16/h2-8,12H,9-11H2,1H3,(H,21,23)/t12-/m0/s1. The molecule has 8 heteroatoms. The summed E-state index contributed by atoms with van der Waals surface area (Å²) in [5.74, 6) is 0.701. The molecule has 6 nitrogen and oxygen atoms in total. The van der Waals surface area contributed by atoms with Crippen molar-refractivity contribution >= 4 is 39.6 Å². The number of carbonyl (C=O) groups is 2. The van der Waals surface area contributed by atoms with Gasteiger partial charge in [-0.25, -0.2) is 0 Å². The van der Waals surface area contributed by atoms with Crippen molar-refractivity contribution in [3.05, 3.63) is 52.5 Å². The number of esters is 1. The molecule has 3 rings (SSSR count). The first kappa shape index (κ1) is 19.6. The number of rotatable bonds is 7. The van der Waals surface area contributed by atoms with E-state index in [-0.39, 0.29) is 18.5 Å². The van der Waals surface area contributed by atoms with Gasteiger partial charge in [0, 0.05) is 15.9 Å². The molecule has 1 aliphatic rings. The highest BCUT2D eigenvalue weighted by atomic mass is 79.9. The van der Waals surface area contributed by atoms with Gasteiger partial charge in [-0.2, -0.15) is 0 Å². The molecule has 0 bridgehead atoms. The molecule has 1 aliphatic heterocycles. The highest BCUT2D eigenvalue weighted by Gasteiger charge is 2.18. The molecule has 27 heavy (non-hydrogen) atoms. The maximum absolute atomic E-state index is 12.1. The monoisotopic (exact) mass is 451 g/mol. The Labute approximate surface area is 169 Å². The summed E-state index contributed by atoms with van der Waals surface area (Å²) >= 11 is 4.72. The van der Waals surface area contributed by atoms with Gasteiger partial charge in [-0.1, -0.05) is 22.0 Å². The summed E-state index contributed by atoms with van der Waals surface area (Å²) in [6.45, 7) is 2.07. The quantitative estimate of drug-likeness (QED) is 0.512. The summed E-state index contributed by atoms with van der Waals surface area (Å²) in [6, 6.07) is 13.1. The molecule has 0 aliphatic carbocycles. The first-order valence-electron chi connectivity index (χ1n) is 8.25. The second-order valence-corrected chi connectivity index (χ2v) is 7.74. The lowest BCUT2D eigenvalue weighted by Crippen LogP contribution is -2.35. The van der Waals surface area contributed by atoms with Gasteiger partial charge in [-0.05, 0) is 48.9 Å². The number of benzene rings is 2. The van der Waals surface area contributed by atoms with Crippen molar-refractivity contribution in [2.45, 2.75) is 24.5 Å². The van der Waals surface area contributed by atoms with Crippen LogP contribution in [0.2, 0.25) is 0 Å². The molecule has 1 N–H and O–H groups in total. The number of thioether (sulfide) groups is 1. The van der Waals surface area contributed by atoms with Gasteiger partial charge in [0.05, 0.1) is 5.75 Å². The Morgan fingerprint density at radius 3 is 2.70 bits per heavy atom. The molecule has 0 radical (unpaired) electrons. The number of nitrogens with one attached hydrogen (secondary N) is 1. The predicted octanol–water partition coefficient (Wildman–Crippen LogP) is 3.52. The van der Waals surface area contributed by atoms with E-state index < -0.39 is 12.1 Å². The molecule has 142 valence electrons. The third kappa shape index (κ3) is 5.64. The molecule has 0 saturated carbocycles. The van der Waals surface area contributed by atoms with E-state index in [1.54, 1.807) is 13.0 Å². The molecule has 1 amide bonds. The Balaban J connectivity index is 1.41. The smallest absolute Gasteiger partial charge is 0.317 e. The first-order valence-corrected chi connectivity index (χ1v) is 10.0. The minimum absolute atomic E-state index is 0.140. The average molecular weight is 452 g/mol. The van der Waals surface area contributed by atoms with Gasteiger partial charge < -0.3 is 19.5 Å². The molecule has 2 aromatic rings. The maximum atomic E-state index is 12.1. The average Bonchev–Trinajstić information content (AvgIpc) is 3.13. The Hall–Kier alpha value is -2.19. The Kier molecular flexibility index (Phi) is 6.63. The van der Waals surface area contributed by atoms with Gasteiger partial charge in [0.15, 0.2) is 17.6 Å². The van der Waals surface area contributed by atoms with E-state index in [1.165, 1.54) is 11.8 Å². The summed E-state index contributed by atoms with van der Waals surface area (Å²) in [5, 5.41) is 2.75. The minimum Gasteiger partial charge on any atom is -0.454 e. The van der Waals surface area contributed by atoms with Crippen molar-refractivity contribution < 1.29 is 23.8 Å². The summed E-state index contributed by atoms with van der Waals surface area (Å²) in [5.41, 5.74) is 0.872. The van der Waals surface area contributed by atoms with E-state index in [1.807, 2.05) is 36.4 Å². The third-order valence-corrected chi connectivity index (χ3v) is 5.27. The second kappa shape index (κ2) is 9.14. The SMILES string of the molecule is C[C@H](OC(=O)CSc1ccc(Br)cc1)C(=O)NCc1ccc2c(c1)OCO2. The van der Waals surface area contributed by atoms with Crippen molar-refractivity contribution in [1.29, 1.82) is 0 Å². The summed E-state index contributed by atoms with van der Waals surface area (Å²) in [4.78, 5) is 25.0. The van der Waals surface area contributed by atoms with E-state index >= 15 is 0 Å². The van der Waals surface area contributed by atoms with Crippen LogP contribution in [0.1, 0.15) is 12.5 Å². The number of carbonyl (C=O) groups excluding carboxylic acids is 2. The van der Waals surface area contributed by atoms with Crippen LogP contribution in [0.5, 0.6) is 11.5 Å². The summed E-state index contributed by atoms with van der Waals surface area (Å²) in [7, 11) is 0. The molecule has 1 atom stereocenters. The maximum Gasteiger partial charge on any atom is 0.317 e. The fraction of sp³-hybridized carbons (Fsp3) is 0.263. The van der Waals surface area contributed by atoms with E-state index in [4.69, 9.17) is 14.2 Å². The molecular weight excluding hydrogens is 434 g/mol. The van der Waals surface area contributed by atoms with Gasteiger partial charge in [0.1, 0.15) is 0 Å². The Morgan fingerprint density at radius 2 is 1.93 bits per heavy atom. The van der Waals surface area contributed by atoms with Crippen LogP contribution >= 0.6 is 27.7 Å². The van der Waals surface area contributed by atoms with Crippen LogP contribution in [0.4, 0.5) is 0 Å². The van der Waals surface area contributed by atoms with Crippen molar-refractivity contribution in [2.75, 3.05) is 12.5 Å². The molecule has 0 fully saturated rings. The van der Waals surface area contributed by atoms with E-state index in [0.29, 0.717) is 18.0 Å². The van der Waals surface area contributed by atoms with Crippen molar-refractivity contribution in [2.24, 2.45) is 0 Å². The highest BCUT2D eigenvalue weighted by Crippen LogP contribution is 2.32. The van der Waals surface area contributed by atoms with Gasteiger partial charge in [-0.15, -0.1) is 11.8 Å². The van der Waals surface area contributed by atoms with Crippen molar-refractivity contribution in [3.63, 3.8) is 0 Å². The molecule has 0 unspecified atom stereocenters. The number of fused-ring (bicyclic) bond motifs is 1. The fourth-order valence-electron chi connectivity index (χ4n) is 2.34. The highest BCUT2D eigenvalue weighted by molar-refractivity contribution is 9.10. The number of amides is 1. The summed E-state index contributed by atoms with van der Waals surface area (Å²) < 4.78 is 16.7. The molecular formula is C19H18BrNO5S. The van der Waals surface area contributed by atoms with Crippen LogP contribution in [0.25, 0.3) is 0 Å². The molecule has 0 aromatic heterocycles. The number of hydrogen-bond acceptors (Lipinski definition) is 6. The van der Waals surface area contributed by atoms with Crippen molar-refractivity contribution in [1.82, 2.24) is 5.32 Å². The van der Waals surface area contributed by atoms with E-state index in [0.717, 1.165) is 14.9 Å². The third-order valence-electron chi connectivity index (χ3n) is 3.75. The first-order chi connectivity index (χ1) is 13.0.